The number of aromatic nitrogens is 2. The standard InChI is InChI=1S/C21H21N7O6S3/c1-34-26-15(11-7-37-21(23)24-11)18(30)25-16-12-8-36-13(17(20(32)33)28(12)19(16)31)9-35-10-2-4-27(5-3-10)6-14(22)29/h2-5,7,12,16H,6,8-9H2,1H3,(H5-,22,23,24,25,29,30,32,33)/b26-15+. The van der Waals surface area contributed by atoms with E-state index in [1.165, 1.54) is 36.0 Å². The number of pyridine rings is 1. The molecule has 5 N–H and O–H groups in total. The molecule has 2 unspecified atom stereocenters. The third-order valence-corrected chi connectivity index (χ3v) is 8.45. The second kappa shape index (κ2) is 11.2. The number of aliphatic carboxylic acids is 1. The second-order valence-corrected chi connectivity index (χ2v) is 10.8. The van der Waals surface area contributed by atoms with Gasteiger partial charge >= 0.3 is 0 Å². The lowest BCUT2D eigenvalue weighted by molar-refractivity contribution is -0.684. The number of carbonyl (C=O) groups excluding carboxylic acids is 4. The van der Waals surface area contributed by atoms with E-state index in [-0.39, 0.29) is 34.5 Å². The van der Waals surface area contributed by atoms with Gasteiger partial charge in [0.25, 0.3) is 17.7 Å². The number of hydrogen-bond donors (Lipinski definition) is 3. The van der Waals surface area contributed by atoms with Crippen LogP contribution in [0.4, 0.5) is 5.13 Å². The van der Waals surface area contributed by atoms with Gasteiger partial charge in [-0.3, -0.25) is 14.4 Å². The molecule has 0 saturated carbocycles. The molecule has 4 heterocycles. The predicted octanol–water partition coefficient (Wildman–Crippen LogP) is -1.96. The molecule has 2 atom stereocenters. The van der Waals surface area contributed by atoms with Gasteiger partial charge in [-0.25, -0.2) is 4.98 Å². The molecular weight excluding hydrogens is 542 g/mol. The van der Waals surface area contributed by atoms with Gasteiger partial charge in [-0.1, -0.05) is 5.16 Å². The number of fused-ring (bicyclic) bond motifs is 1. The van der Waals surface area contributed by atoms with E-state index in [1.807, 2.05) is 0 Å². The van der Waals surface area contributed by atoms with Crippen molar-refractivity contribution in [1.29, 1.82) is 0 Å². The maximum atomic E-state index is 12.9. The Bertz CT molecular complexity index is 1310. The number of nitrogens with zero attached hydrogens (tertiary/aromatic N) is 4. The fourth-order valence-electron chi connectivity index (χ4n) is 3.74. The van der Waals surface area contributed by atoms with E-state index in [0.717, 1.165) is 21.1 Å². The van der Waals surface area contributed by atoms with Gasteiger partial charge in [0, 0.05) is 38.8 Å². The Morgan fingerprint density at radius 3 is 2.70 bits per heavy atom. The highest BCUT2D eigenvalue weighted by Gasteiger charge is 2.52. The molecule has 0 spiro atoms. The number of primary amides is 1. The van der Waals surface area contributed by atoms with Crippen LogP contribution in [0.2, 0.25) is 0 Å². The summed E-state index contributed by atoms with van der Waals surface area (Å²) in [6.45, 7) is 0.0492. The minimum absolute atomic E-state index is 0.0492. The van der Waals surface area contributed by atoms with Gasteiger partial charge in [0.05, 0.1) is 17.7 Å². The summed E-state index contributed by atoms with van der Waals surface area (Å²) in [7, 11) is 1.27. The van der Waals surface area contributed by atoms with Gasteiger partial charge in [0.1, 0.15) is 18.8 Å². The number of nitrogen functional groups attached to an aromatic ring is 1. The lowest BCUT2D eigenvalue weighted by Crippen LogP contribution is -2.73. The van der Waals surface area contributed by atoms with Crippen LogP contribution in [0.1, 0.15) is 5.69 Å². The average molecular weight is 564 g/mol. The van der Waals surface area contributed by atoms with E-state index in [9.17, 15) is 24.3 Å². The number of anilines is 1. The number of β-lactam (4-membered cyclic amide) rings is 1. The minimum atomic E-state index is -1.47. The Hall–Kier alpha value is -3.63. The predicted molar refractivity (Wildman–Crippen MR) is 134 cm³/mol. The molecule has 194 valence electrons. The van der Waals surface area contributed by atoms with Crippen LogP contribution in [0.5, 0.6) is 0 Å². The topological polar surface area (TPSA) is 197 Å². The number of nitrogens with two attached hydrogens (primary N) is 2. The lowest BCUT2D eigenvalue weighted by Gasteiger charge is -2.51. The monoisotopic (exact) mass is 563 g/mol. The number of nitrogens with one attached hydrogen (secondary N) is 1. The molecule has 3 amide bonds. The summed E-state index contributed by atoms with van der Waals surface area (Å²) in [5.74, 6) is -2.55. The van der Waals surface area contributed by atoms with Crippen molar-refractivity contribution in [2.45, 2.75) is 23.5 Å². The van der Waals surface area contributed by atoms with Crippen LogP contribution in [-0.2, 0) is 30.6 Å². The Balaban J connectivity index is 1.45. The number of amides is 3. The summed E-state index contributed by atoms with van der Waals surface area (Å²) in [5, 5.41) is 20.1. The van der Waals surface area contributed by atoms with Crippen LogP contribution in [0, 0.1) is 0 Å². The number of carbonyl (C=O) groups is 4. The molecule has 2 aromatic rings. The van der Waals surface area contributed by atoms with Gasteiger partial charge in [0.2, 0.25) is 6.54 Å². The van der Waals surface area contributed by atoms with Crippen molar-refractivity contribution in [3.63, 3.8) is 0 Å². The SMILES string of the molecule is CO/N=C(/C(=O)NC1C(=O)N2C(C(=O)[O-])=C(CSc3cc[n+](CC(N)=O)cc3)SCC12)c1csc(N)n1. The molecule has 0 bridgehead atoms. The van der Waals surface area contributed by atoms with E-state index >= 15 is 0 Å². The van der Waals surface area contributed by atoms with Gasteiger partial charge < -0.3 is 36.4 Å². The smallest absolute Gasteiger partial charge is 0.283 e. The van der Waals surface area contributed by atoms with Gasteiger partial charge in [-0.05, 0) is 0 Å². The highest BCUT2D eigenvalue weighted by atomic mass is 32.2. The molecule has 4 rings (SSSR count). The maximum absolute atomic E-state index is 12.9. The Morgan fingerprint density at radius 1 is 1.38 bits per heavy atom. The first-order valence-electron chi connectivity index (χ1n) is 10.6. The second-order valence-electron chi connectivity index (χ2n) is 7.75. The van der Waals surface area contributed by atoms with E-state index in [4.69, 9.17) is 16.3 Å². The number of thiazole rings is 1. The zero-order chi connectivity index (χ0) is 26.7. The maximum Gasteiger partial charge on any atom is 0.283 e. The molecule has 0 radical (unpaired) electrons. The first kappa shape index (κ1) is 26.4. The van der Waals surface area contributed by atoms with E-state index in [2.05, 4.69) is 15.5 Å². The number of oxime groups is 1. The largest absolute Gasteiger partial charge is 0.543 e. The third kappa shape index (κ3) is 5.70. The summed E-state index contributed by atoms with van der Waals surface area (Å²) in [6.07, 6.45) is 3.39. The highest BCUT2D eigenvalue weighted by molar-refractivity contribution is 8.06. The lowest BCUT2D eigenvalue weighted by atomic mass is 9.94. The first-order chi connectivity index (χ1) is 17.7. The summed E-state index contributed by atoms with van der Waals surface area (Å²) in [5.41, 5.74) is 10.7. The summed E-state index contributed by atoms with van der Waals surface area (Å²) in [6, 6.07) is 2.03. The fraction of sp³-hybridized carbons (Fsp3) is 0.286. The Morgan fingerprint density at radius 2 is 2.11 bits per heavy atom. The Labute approximate surface area is 222 Å². The average Bonchev–Trinajstić information content (AvgIpc) is 3.29. The quantitative estimate of drug-likeness (QED) is 0.0960. The van der Waals surface area contributed by atoms with Crippen LogP contribution >= 0.6 is 34.9 Å². The number of rotatable bonds is 10. The molecule has 0 aliphatic carbocycles. The summed E-state index contributed by atoms with van der Waals surface area (Å²) >= 11 is 3.78. The van der Waals surface area contributed by atoms with Crippen molar-refractivity contribution in [1.82, 2.24) is 15.2 Å². The summed E-state index contributed by atoms with van der Waals surface area (Å²) < 4.78 is 1.62. The van der Waals surface area contributed by atoms with Crippen molar-refractivity contribution in [2.24, 2.45) is 10.9 Å². The molecular formula is C21H21N7O6S3. The first-order valence-corrected chi connectivity index (χ1v) is 13.5. The molecule has 1 fully saturated rings. The normalized spacial score (nSPS) is 19.2. The minimum Gasteiger partial charge on any atom is -0.543 e. The Kier molecular flexibility index (Phi) is 7.99. The molecule has 37 heavy (non-hydrogen) atoms. The van der Waals surface area contributed by atoms with Crippen molar-refractivity contribution in [2.75, 3.05) is 24.3 Å². The molecule has 1 saturated heterocycles. The zero-order valence-electron chi connectivity index (χ0n) is 19.3. The molecule has 2 aliphatic heterocycles. The van der Waals surface area contributed by atoms with Crippen molar-refractivity contribution in [3.05, 3.63) is 46.2 Å². The van der Waals surface area contributed by atoms with Gasteiger partial charge in [-0.2, -0.15) is 4.57 Å². The van der Waals surface area contributed by atoms with Crippen LogP contribution in [0.25, 0.3) is 0 Å². The van der Waals surface area contributed by atoms with Crippen LogP contribution in [-0.4, -0.2) is 70.0 Å². The summed E-state index contributed by atoms with van der Waals surface area (Å²) in [4.78, 5) is 60.0. The third-order valence-electron chi connectivity index (χ3n) is 5.36. The molecule has 2 aromatic heterocycles. The number of hydrogen-bond acceptors (Lipinski definition) is 12. The van der Waals surface area contributed by atoms with Gasteiger partial charge in [-0.15, -0.1) is 34.9 Å². The van der Waals surface area contributed by atoms with Crippen molar-refractivity contribution >= 4 is 69.4 Å². The van der Waals surface area contributed by atoms with E-state index in [0.29, 0.717) is 10.7 Å². The molecule has 16 heteroatoms. The van der Waals surface area contributed by atoms with Crippen LogP contribution < -0.4 is 26.5 Å². The number of thioether (sulfide) groups is 2. The van der Waals surface area contributed by atoms with E-state index in [1.54, 1.807) is 29.1 Å². The molecule has 2 aliphatic rings. The van der Waals surface area contributed by atoms with Crippen molar-refractivity contribution < 1.29 is 33.7 Å². The van der Waals surface area contributed by atoms with Crippen LogP contribution in [0.15, 0.2) is 50.6 Å². The zero-order valence-corrected chi connectivity index (χ0v) is 21.7. The van der Waals surface area contributed by atoms with Crippen molar-refractivity contribution in [3.8, 4) is 0 Å². The number of carboxylic acid groups (broad SMARTS) is 1. The highest BCUT2D eigenvalue weighted by Crippen LogP contribution is 2.40. The number of carboxylic acids is 1. The molecule has 0 aromatic carbocycles. The van der Waals surface area contributed by atoms with E-state index < -0.39 is 35.8 Å². The van der Waals surface area contributed by atoms with Gasteiger partial charge in [0.15, 0.2) is 23.2 Å². The van der Waals surface area contributed by atoms with Crippen LogP contribution in [0.3, 0.4) is 0 Å². The fourth-order valence-corrected chi connectivity index (χ4v) is 6.57. The molecule has 13 nitrogen and oxygen atoms in total.